The molecule has 15 heteroatoms. The van der Waals surface area contributed by atoms with Crippen LogP contribution in [-0.4, -0.2) is 24.6 Å². The Kier molecular flexibility index (Phi) is 9.92. The van der Waals surface area contributed by atoms with E-state index in [1.807, 2.05) is 6.92 Å². The summed E-state index contributed by atoms with van der Waals surface area (Å²) >= 11 is 0.740. The first-order valence-electron chi connectivity index (χ1n) is 12.5. The van der Waals surface area contributed by atoms with Crippen LogP contribution < -0.4 is 14.6 Å². The van der Waals surface area contributed by atoms with E-state index in [4.69, 9.17) is 9.26 Å². The van der Waals surface area contributed by atoms with Crippen molar-refractivity contribution in [3.05, 3.63) is 88.1 Å². The second kappa shape index (κ2) is 13.4. The van der Waals surface area contributed by atoms with E-state index in [2.05, 4.69) is 10.1 Å². The maximum atomic E-state index is 15.3. The minimum Gasteiger partial charge on any atom is -0.464 e. The lowest BCUT2D eigenvalue weighted by atomic mass is 10.2. The van der Waals surface area contributed by atoms with Crippen LogP contribution in [0.4, 0.5) is 32.0 Å². The van der Waals surface area contributed by atoms with Gasteiger partial charge in [0.25, 0.3) is 0 Å². The zero-order valence-corrected chi connectivity index (χ0v) is 24.0. The van der Waals surface area contributed by atoms with Crippen molar-refractivity contribution in [2.75, 3.05) is 11.9 Å². The fourth-order valence-electron chi connectivity index (χ4n) is 3.68. The lowest BCUT2D eigenvalue weighted by Gasteiger charge is -2.15. The molecule has 2 unspecified atom stereocenters. The van der Waals surface area contributed by atoms with Gasteiger partial charge >= 0.3 is 25.9 Å². The van der Waals surface area contributed by atoms with Gasteiger partial charge < -0.3 is 14.8 Å². The minimum atomic E-state index is -3.02. The number of alkyl halides is 1. The highest BCUT2D eigenvalue weighted by molar-refractivity contribution is 7.39. The normalized spacial score (nSPS) is 12.9. The Hall–Kier alpha value is -4.16. The number of rotatable bonds is 11. The lowest BCUT2D eigenvalue weighted by Crippen LogP contribution is -2.28. The highest BCUT2D eigenvalue weighted by Crippen LogP contribution is 2.46. The van der Waals surface area contributed by atoms with Crippen LogP contribution in [0.15, 0.2) is 48.5 Å². The number of anilines is 1. The van der Waals surface area contributed by atoms with Crippen LogP contribution in [0.3, 0.4) is 0 Å². The Bertz CT molecular complexity index is 1690. The van der Waals surface area contributed by atoms with E-state index >= 15 is 4.39 Å². The third-order valence-corrected chi connectivity index (χ3v) is 7.96. The monoisotopic (exact) mass is 644 g/mol. The van der Waals surface area contributed by atoms with Crippen LogP contribution in [0, 0.1) is 29.1 Å². The van der Waals surface area contributed by atoms with Gasteiger partial charge in [0, 0.05) is 10.3 Å². The molecule has 0 radical (unpaired) electrons. The summed E-state index contributed by atoms with van der Waals surface area (Å²) in [6, 6.07) is 10.4. The van der Waals surface area contributed by atoms with Crippen LogP contribution in [-0.2, 0) is 14.1 Å². The molecule has 0 saturated heterocycles. The summed E-state index contributed by atoms with van der Waals surface area (Å²) in [5, 5.41) is 3.11. The summed E-state index contributed by atoms with van der Waals surface area (Å²) in [4.78, 5) is 24.3. The largest absolute Gasteiger partial charge is 0.598 e. The average Bonchev–Trinajstić information content (AvgIpc) is 3.44. The fourth-order valence-corrected chi connectivity index (χ4v) is 5.45. The van der Waals surface area contributed by atoms with Gasteiger partial charge in [0.2, 0.25) is 40.6 Å². The molecule has 43 heavy (non-hydrogen) atoms. The molecule has 3 aromatic carbocycles. The zero-order chi connectivity index (χ0) is 31.4. The topological polar surface area (TPSA) is 90.9 Å². The number of thiophene rings is 1. The smallest absolute Gasteiger partial charge is 0.464 e. The zero-order valence-electron chi connectivity index (χ0n) is 22.3. The van der Waals surface area contributed by atoms with E-state index in [0.717, 1.165) is 17.4 Å². The van der Waals surface area contributed by atoms with Gasteiger partial charge in [-0.25, -0.2) is 27.3 Å². The molecule has 4 aromatic rings. The molecule has 226 valence electrons. The van der Waals surface area contributed by atoms with Crippen molar-refractivity contribution < 1.29 is 54.5 Å². The van der Waals surface area contributed by atoms with Crippen LogP contribution in [0.25, 0.3) is 10.1 Å². The minimum absolute atomic E-state index is 0.0103. The standard InChI is InChI=1S/C28H21F6NO6PS/c1-3-10-39-27(36)13(2)35-16-6-4-5-7-17(16)41-42(38)26(34)14-8-9-18-15(11-14)12-19(43-18)28(37)40-25-23(32)21(30)20(29)22(31)24(25)33/h4-9,11-13,26,35H,3,10H2,1-2H3/q+1/t13?,26-/m0/s1. The Morgan fingerprint density at radius 2 is 1.60 bits per heavy atom. The predicted molar refractivity (Wildman–Crippen MR) is 146 cm³/mol. The molecule has 0 aliphatic heterocycles. The summed E-state index contributed by atoms with van der Waals surface area (Å²) in [5.41, 5.74) is 0.164. The predicted octanol–water partition coefficient (Wildman–Crippen LogP) is 8.36. The van der Waals surface area contributed by atoms with Crippen molar-refractivity contribution in [2.24, 2.45) is 0 Å². The maximum Gasteiger partial charge on any atom is 0.598 e. The first-order chi connectivity index (χ1) is 20.4. The number of benzene rings is 3. The van der Waals surface area contributed by atoms with Gasteiger partial charge in [0.05, 0.1) is 12.3 Å². The Labute approximate surface area is 245 Å². The average molecular weight is 645 g/mol. The number of carbonyl (C=O) groups is 2. The van der Waals surface area contributed by atoms with E-state index < -0.39 is 66.8 Å². The van der Waals surface area contributed by atoms with Crippen LogP contribution in [0.2, 0.25) is 0 Å². The van der Waals surface area contributed by atoms with Crippen molar-refractivity contribution in [3.63, 3.8) is 0 Å². The number of esters is 2. The number of hydrogen-bond acceptors (Lipinski definition) is 8. The quantitative estimate of drug-likeness (QED) is 0.0438. The SMILES string of the molecule is CCCOC(=O)C(C)Nc1ccccc1O[P+](=O)[C@H](F)c1ccc2sc(C(=O)Oc3c(F)c(F)c(F)c(F)c3F)cc2c1. The number of para-hydroxylation sites is 2. The van der Waals surface area contributed by atoms with E-state index in [9.17, 15) is 36.1 Å². The Morgan fingerprint density at radius 3 is 2.28 bits per heavy atom. The molecule has 0 aliphatic rings. The van der Waals surface area contributed by atoms with E-state index in [1.165, 1.54) is 24.3 Å². The first-order valence-corrected chi connectivity index (χ1v) is 14.6. The molecule has 1 N–H and O–H groups in total. The second-order valence-corrected chi connectivity index (χ2v) is 11.2. The Morgan fingerprint density at radius 1 is 0.953 bits per heavy atom. The van der Waals surface area contributed by atoms with Gasteiger partial charge in [-0.3, -0.25) is 0 Å². The van der Waals surface area contributed by atoms with Crippen molar-refractivity contribution >= 4 is 47.1 Å². The van der Waals surface area contributed by atoms with Crippen molar-refractivity contribution in [2.45, 2.75) is 32.2 Å². The van der Waals surface area contributed by atoms with E-state index in [0.29, 0.717) is 11.1 Å². The number of fused-ring (bicyclic) bond motifs is 1. The molecule has 0 aliphatic carbocycles. The molecule has 7 nitrogen and oxygen atoms in total. The molecule has 0 fully saturated rings. The lowest BCUT2D eigenvalue weighted by molar-refractivity contribution is -0.144. The summed E-state index contributed by atoms with van der Waals surface area (Å²) in [7, 11) is -3.02. The van der Waals surface area contributed by atoms with Crippen molar-refractivity contribution in [1.29, 1.82) is 0 Å². The van der Waals surface area contributed by atoms with E-state index in [-0.39, 0.29) is 33.9 Å². The third kappa shape index (κ3) is 6.91. The van der Waals surface area contributed by atoms with Crippen molar-refractivity contribution in [3.8, 4) is 11.5 Å². The highest BCUT2D eigenvalue weighted by Gasteiger charge is 2.37. The summed E-state index contributed by atoms with van der Waals surface area (Å²) < 4.78 is 111. The van der Waals surface area contributed by atoms with Crippen LogP contribution in [0.5, 0.6) is 11.5 Å². The molecule has 4 rings (SSSR count). The van der Waals surface area contributed by atoms with Crippen LogP contribution >= 0.6 is 19.4 Å². The second-order valence-electron chi connectivity index (χ2n) is 8.94. The number of hydrogen-bond donors (Lipinski definition) is 1. The van der Waals surface area contributed by atoms with Gasteiger partial charge in [-0.05, 0) is 53.6 Å². The third-order valence-electron chi connectivity index (χ3n) is 5.82. The Balaban J connectivity index is 1.49. The summed E-state index contributed by atoms with van der Waals surface area (Å²) in [6.45, 7) is 3.63. The molecule has 1 heterocycles. The number of halogens is 6. The first kappa shape index (κ1) is 31.8. The van der Waals surface area contributed by atoms with Gasteiger partial charge in [0.1, 0.15) is 10.9 Å². The van der Waals surface area contributed by atoms with Gasteiger partial charge in [-0.2, -0.15) is 13.2 Å². The fraction of sp³-hybridized carbons (Fsp3) is 0.214. The summed E-state index contributed by atoms with van der Waals surface area (Å²) in [6.07, 6.45) is 0.636. The van der Waals surface area contributed by atoms with Gasteiger partial charge in [-0.15, -0.1) is 11.3 Å². The van der Waals surface area contributed by atoms with Crippen LogP contribution in [0.1, 0.15) is 41.4 Å². The molecule has 0 amide bonds. The summed E-state index contributed by atoms with van der Waals surface area (Å²) in [5.74, 6) is -17.5. The highest BCUT2D eigenvalue weighted by atomic mass is 32.1. The van der Waals surface area contributed by atoms with Crippen molar-refractivity contribution in [1.82, 2.24) is 0 Å². The molecule has 0 bridgehead atoms. The van der Waals surface area contributed by atoms with Gasteiger partial charge in [0.15, 0.2) is 0 Å². The van der Waals surface area contributed by atoms with Gasteiger partial charge in [-0.1, -0.05) is 25.1 Å². The number of carbonyl (C=O) groups excluding carboxylic acids is 2. The molecular formula is C28H21F6NO6PS+. The van der Waals surface area contributed by atoms with E-state index in [1.54, 1.807) is 25.1 Å². The molecule has 3 atom stereocenters. The molecular weight excluding hydrogens is 623 g/mol. The number of nitrogens with one attached hydrogen (secondary N) is 1. The number of ether oxygens (including phenoxy) is 2. The molecule has 1 aromatic heterocycles. The molecule has 0 spiro atoms. The maximum absolute atomic E-state index is 15.3. The molecule has 0 saturated carbocycles.